The highest BCUT2D eigenvalue weighted by Crippen LogP contribution is 2.43. The minimum Gasteiger partial charge on any atom is -0.371 e. The average molecular weight is 529 g/mol. The van der Waals surface area contributed by atoms with Crippen molar-refractivity contribution in [3.63, 3.8) is 0 Å². The molecule has 39 heavy (non-hydrogen) atoms. The van der Waals surface area contributed by atoms with Crippen LogP contribution < -0.4 is 4.90 Å². The first-order valence-corrected chi connectivity index (χ1v) is 15.3. The summed E-state index contributed by atoms with van der Waals surface area (Å²) < 4.78 is 0. The SMILES string of the molecule is CN(C(=O)CCC1CCCC1)C1CCc2ccc(C(=O)N3CCC4(CC3)CCN(c3ccncc3)CC4)cc21. The number of piperidine rings is 2. The van der Waals surface area contributed by atoms with Crippen molar-refractivity contribution in [1.29, 1.82) is 0 Å². The number of aromatic nitrogens is 1. The summed E-state index contributed by atoms with van der Waals surface area (Å²) in [6.45, 7) is 3.84. The maximum Gasteiger partial charge on any atom is 0.253 e. The number of hydrogen-bond donors (Lipinski definition) is 0. The van der Waals surface area contributed by atoms with Crippen LogP contribution in [0.3, 0.4) is 0 Å². The van der Waals surface area contributed by atoms with Crippen LogP contribution in [0.15, 0.2) is 42.7 Å². The predicted octanol–water partition coefficient (Wildman–Crippen LogP) is 6.02. The maximum atomic E-state index is 13.6. The highest BCUT2D eigenvalue weighted by molar-refractivity contribution is 5.94. The lowest BCUT2D eigenvalue weighted by molar-refractivity contribution is -0.132. The number of carbonyl (C=O) groups excluding carboxylic acids is 2. The Labute approximate surface area is 233 Å². The summed E-state index contributed by atoms with van der Waals surface area (Å²) >= 11 is 0. The number of nitrogens with zero attached hydrogens (tertiary/aromatic N) is 4. The van der Waals surface area contributed by atoms with E-state index in [9.17, 15) is 9.59 Å². The molecule has 0 bridgehead atoms. The van der Waals surface area contributed by atoms with E-state index in [1.807, 2.05) is 30.4 Å². The molecular formula is C33H44N4O2. The fourth-order valence-corrected chi connectivity index (χ4v) is 7.75. The summed E-state index contributed by atoms with van der Waals surface area (Å²) in [5, 5.41) is 0. The van der Waals surface area contributed by atoms with Gasteiger partial charge in [-0.1, -0.05) is 31.7 Å². The van der Waals surface area contributed by atoms with Gasteiger partial charge in [-0.2, -0.15) is 0 Å². The molecule has 2 aliphatic heterocycles. The van der Waals surface area contributed by atoms with E-state index in [1.165, 1.54) is 55.3 Å². The Balaban J connectivity index is 1.05. The topological polar surface area (TPSA) is 56.8 Å². The molecular weight excluding hydrogens is 484 g/mol. The molecule has 6 nitrogen and oxygen atoms in total. The third-order valence-corrected chi connectivity index (χ3v) is 10.5. The normalized spacial score (nSPS) is 22.7. The predicted molar refractivity (Wildman–Crippen MR) is 155 cm³/mol. The second-order valence-corrected chi connectivity index (χ2v) is 12.6. The maximum absolute atomic E-state index is 13.6. The number of rotatable bonds is 6. The Hall–Kier alpha value is -2.89. The molecule has 1 aromatic heterocycles. The summed E-state index contributed by atoms with van der Waals surface area (Å²) in [6, 6.07) is 10.6. The monoisotopic (exact) mass is 528 g/mol. The third kappa shape index (κ3) is 5.57. The van der Waals surface area contributed by atoms with Gasteiger partial charge in [0.15, 0.2) is 0 Å². The number of carbonyl (C=O) groups is 2. The van der Waals surface area contributed by atoms with Crippen LogP contribution in [0.25, 0.3) is 0 Å². The number of benzene rings is 1. The third-order valence-electron chi connectivity index (χ3n) is 10.5. The quantitative estimate of drug-likeness (QED) is 0.460. The van der Waals surface area contributed by atoms with Crippen LogP contribution in [0.5, 0.6) is 0 Å². The first kappa shape index (κ1) is 26.3. The van der Waals surface area contributed by atoms with Gasteiger partial charge in [0.2, 0.25) is 5.91 Å². The molecule has 6 heteroatoms. The lowest BCUT2D eigenvalue weighted by Crippen LogP contribution is -2.48. The van der Waals surface area contributed by atoms with Gasteiger partial charge in [0.05, 0.1) is 6.04 Å². The molecule has 2 amide bonds. The zero-order valence-electron chi connectivity index (χ0n) is 23.6. The van der Waals surface area contributed by atoms with E-state index in [-0.39, 0.29) is 17.9 Å². The summed E-state index contributed by atoms with van der Waals surface area (Å²) in [5.74, 6) is 1.15. The summed E-state index contributed by atoms with van der Waals surface area (Å²) in [7, 11) is 1.97. The van der Waals surface area contributed by atoms with Gasteiger partial charge in [-0.25, -0.2) is 0 Å². The molecule has 208 valence electrons. The molecule has 3 fully saturated rings. The molecule has 2 aromatic rings. The Bertz CT molecular complexity index is 1160. The van der Waals surface area contributed by atoms with Gasteiger partial charge in [-0.15, -0.1) is 0 Å². The van der Waals surface area contributed by atoms with E-state index >= 15 is 0 Å². The lowest BCUT2D eigenvalue weighted by Gasteiger charge is -2.47. The number of pyridine rings is 1. The molecule has 3 heterocycles. The molecule has 1 saturated carbocycles. The number of hydrogen-bond acceptors (Lipinski definition) is 4. The number of amides is 2. The van der Waals surface area contributed by atoms with Crippen molar-refractivity contribution in [2.75, 3.05) is 38.1 Å². The van der Waals surface area contributed by atoms with Crippen LogP contribution in [0, 0.1) is 11.3 Å². The van der Waals surface area contributed by atoms with Gasteiger partial charge in [-0.3, -0.25) is 14.6 Å². The highest BCUT2D eigenvalue weighted by atomic mass is 16.2. The number of anilines is 1. The van der Waals surface area contributed by atoms with Crippen molar-refractivity contribution >= 4 is 17.5 Å². The van der Waals surface area contributed by atoms with E-state index in [4.69, 9.17) is 0 Å². The molecule has 1 spiro atoms. The van der Waals surface area contributed by atoms with Crippen LogP contribution in [-0.4, -0.2) is 59.8 Å². The van der Waals surface area contributed by atoms with Gasteiger partial charge in [-0.05, 0) is 91.7 Å². The molecule has 1 atom stereocenters. The van der Waals surface area contributed by atoms with Crippen molar-refractivity contribution in [1.82, 2.24) is 14.8 Å². The van der Waals surface area contributed by atoms with E-state index in [0.717, 1.165) is 69.8 Å². The van der Waals surface area contributed by atoms with Crippen molar-refractivity contribution in [3.8, 4) is 0 Å². The van der Waals surface area contributed by atoms with Crippen LogP contribution in [0.1, 0.15) is 98.2 Å². The van der Waals surface area contributed by atoms with Gasteiger partial charge >= 0.3 is 0 Å². The fraction of sp³-hybridized carbons (Fsp3) is 0.606. The minimum absolute atomic E-state index is 0.0963. The average Bonchev–Trinajstić information content (AvgIpc) is 3.66. The Morgan fingerprint density at radius 2 is 1.64 bits per heavy atom. The standard InChI is InChI=1S/C33H44N4O2/c1-35(31(38)11-6-25-4-2-3-5-25)30-10-9-26-7-8-27(24-29(26)30)32(39)37-22-16-33(17-23-37)14-20-36(21-15-33)28-12-18-34-19-13-28/h7-8,12-13,18-19,24-25,30H,2-6,9-11,14-17,20-23H2,1H3. The number of likely N-dealkylation sites (tertiary alicyclic amines) is 1. The van der Waals surface area contributed by atoms with Gasteiger partial charge in [0, 0.05) is 63.3 Å². The van der Waals surface area contributed by atoms with Crippen molar-refractivity contribution < 1.29 is 9.59 Å². The first-order chi connectivity index (χ1) is 19.0. The Morgan fingerprint density at radius 3 is 2.36 bits per heavy atom. The molecule has 2 saturated heterocycles. The Kier molecular flexibility index (Phi) is 7.64. The second kappa shape index (κ2) is 11.3. The van der Waals surface area contributed by atoms with E-state index < -0.39 is 0 Å². The minimum atomic E-state index is 0.0963. The van der Waals surface area contributed by atoms with Gasteiger partial charge in [0.1, 0.15) is 0 Å². The van der Waals surface area contributed by atoms with Crippen LogP contribution in [-0.2, 0) is 11.2 Å². The van der Waals surface area contributed by atoms with Crippen molar-refractivity contribution in [2.45, 2.75) is 83.1 Å². The number of fused-ring (bicyclic) bond motifs is 1. The fourth-order valence-electron chi connectivity index (χ4n) is 7.75. The summed E-state index contributed by atoms with van der Waals surface area (Å²) in [4.78, 5) is 37.3. The highest BCUT2D eigenvalue weighted by Gasteiger charge is 2.39. The Morgan fingerprint density at radius 1 is 0.949 bits per heavy atom. The van der Waals surface area contributed by atoms with Gasteiger partial charge in [0.25, 0.3) is 5.91 Å². The molecule has 6 rings (SSSR count). The van der Waals surface area contributed by atoms with E-state index in [2.05, 4.69) is 39.0 Å². The summed E-state index contributed by atoms with van der Waals surface area (Å²) in [6.07, 6.45) is 17.2. The largest absolute Gasteiger partial charge is 0.371 e. The lowest BCUT2D eigenvalue weighted by atomic mass is 9.71. The molecule has 1 aromatic carbocycles. The number of aryl methyl sites for hydroxylation is 1. The first-order valence-electron chi connectivity index (χ1n) is 15.3. The van der Waals surface area contributed by atoms with Crippen LogP contribution in [0.4, 0.5) is 5.69 Å². The van der Waals surface area contributed by atoms with Gasteiger partial charge < -0.3 is 14.7 Å². The molecule has 0 N–H and O–H groups in total. The molecule has 4 aliphatic rings. The summed E-state index contributed by atoms with van der Waals surface area (Å²) in [5.41, 5.74) is 4.91. The second-order valence-electron chi connectivity index (χ2n) is 12.6. The van der Waals surface area contributed by atoms with Crippen LogP contribution in [0.2, 0.25) is 0 Å². The molecule has 2 aliphatic carbocycles. The van der Waals surface area contributed by atoms with Crippen molar-refractivity contribution in [3.05, 3.63) is 59.4 Å². The van der Waals surface area contributed by atoms with E-state index in [0.29, 0.717) is 11.8 Å². The van der Waals surface area contributed by atoms with Crippen LogP contribution >= 0.6 is 0 Å². The zero-order chi connectivity index (χ0) is 26.8. The molecule has 0 radical (unpaired) electrons. The zero-order valence-corrected chi connectivity index (χ0v) is 23.6. The smallest absolute Gasteiger partial charge is 0.253 e. The van der Waals surface area contributed by atoms with Crippen molar-refractivity contribution in [2.24, 2.45) is 11.3 Å². The molecule has 1 unspecified atom stereocenters. The van der Waals surface area contributed by atoms with E-state index in [1.54, 1.807) is 0 Å².